The van der Waals surface area contributed by atoms with Gasteiger partial charge in [-0.1, -0.05) is 24.3 Å². The number of benzene rings is 1. The second-order valence-corrected chi connectivity index (χ2v) is 6.70. The van der Waals surface area contributed by atoms with Gasteiger partial charge in [0.2, 0.25) is 10.0 Å². The Kier molecular flexibility index (Phi) is 3.40. The molecule has 0 saturated heterocycles. The molecule has 7 heteroatoms. The number of anilines is 1. The predicted octanol–water partition coefficient (Wildman–Crippen LogP) is 0.600. The molecule has 2 atom stereocenters. The van der Waals surface area contributed by atoms with Crippen LogP contribution in [0.3, 0.4) is 0 Å². The molecule has 6 nitrogen and oxygen atoms in total. The summed E-state index contributed by atoms with van der Waals surface area (Å²) in [7, 11) is -3.76. The van der Waals surface area contributed by atoms with Crippen molar-refractivity contribution in [3.8, 4) is 0 Å². The topological polar surface area (TPSA) is 105 Å². The van der Waals surface area contributed by atoms with Gasteiger partial charge in [-0.15, -0.1) is 0 Å². The van der Waals surface area contributed by atoms with Crippen LogP contribution in [-0.4, -0.2) is 24.6 Å². The van der Waals surface area contributed by atoms with Gasteiger partial charge < -0.3 is 10.8 Å². The molecule has 1 aromatic carbocycles. The minimum Gasteiger partial charge on any atom is -0.391 e. The minimum absolute atomic E-state index is 0.0216. The zero-order chi connectivity index (χ0) is 15.0. The number of aromatic nitrogens is 1. The van der Waals surface area contributed by atoms with Gasteiger partial charge in [0.1, 0.15) is 10.7 Å². The Hall–Kier alpha value is -1.96. The molecule has 21 heavy (non-hydrogen) atoms. The number of nitrogens with one attached hydrogen (secondary N) is 1. The molecule has 0 aliphatic heterocycles. The first-order chi connectivity index (χ1) is 9.97. The molecule has 1 aliphatic carbocycles. The number of rotatable bonds is 3. The van der Waals surface area contributed by atoms with E-state index in [1.807, 2.05) is 24.3 Å². The molecule has 110 valence electrons. The summed E-state index contributed by atoms with van der Waals surface area (Å²) in [4.78, 5) is 3.80. The van der Waals surface area contributed by atoms with Gasteiger partial charge in [0.25, 0.3) is 0 Å². The van der Waals surface area contributed by atoms with Crippen molar-refractivity contribution in [3.63, 3.8) is 0 Å². The number of nitrogens with zero attached hydrogens (tertiary/aromatic N) is 1. The average Bonchev–Trinajstić information content (AvgIpc) is 2.75. The van der Waals surface area contributed by atoms with Crippen LogP contribution in [0.25, 0.3) is 0 Å². The Balaban J connectivity index is 1.91. The first kappa shape index (κ1) is 14.0. The van der Waals surface area contributed by atoms with E-state index in [0.29, 0.717) is 6.42 Å². The van der Waals surface area contributed by atoms with E-state index < -0.39 is 22.2 Å². The molecule has 2 aromatic rings. The van der Waals surface area contributed by atoms with E-state index in [2.05, 4.69) is 9.71 Å². The van der Waals surface area contributed by atoms with Crippen molar-refractivity contribution in [2.24, 2.45) is 0 Å². The Morgan fingerprint density at radius 1 is 1.24 bits per heavy atom. The van der Waals surface area contributed by atoms with Gasteiger partial charge in [-0.2, -0.15) is 0 Å². The van der Waals surface area contributed by atoms with Crippen LogP contribution in [-0.2, 0) is 16.4 Å². The van der Waals surface area contributed by atoms with Crippen molar-refractivity contribution in [2.75, 3.05) is 5.73 Å². The Morgan fingerprint density at radius 3 is 2.71 bits per heavy atom. The summed E-state index contributed by atoms with van der Waals surface area (Å²) in [5.74, 6) is 0.250. The number of hydrogen-bond donors (Lipinski definition) is 3. The fourth-order valence-electron chi connectivity index (χ4n) is 2.50. The number of pyridine rings is 1. The van der Waals surface area contributed by atoms with Crippen LogP contribution in [0, 0.1) is 0 Å². The molecule has 1 heterocycles. The van der Waals surface area contributed by atoms with Crippen molar-refractivity contribution in [1.82, 2.24) is 9.71 Å². The van der Waals surface area contributed by atoms with E-state index in [-0.39, 0.29) is 10.7 Å². The highest BCUT2D eigenvalue weighted by Crippen LogP contribution is 2.32. The molecular formula is C14H15N3O3S. The second kappa shape index (κ2) is 5.10. The maximum absolute atomic E-state index is 12.4. The highest BCUT2D eigenvalue weighted by Gasteiger charge is 2.34. The molecule has 0 unspecified atom stereocenters. The predicted molar refractivity (Wildman–Crippen MR) is 77.9 cm³/mol. The zero-order valence-electron chi connectivity index (χ0n) is 11.1. The third kappa shape index (κ3) is 2.63. The number of aliphatic hydroxyl groups is 1. The van der Waals surface area contributed by atoms with Crippen LogP contribution in [0.4, 0.5) is 5.82 Å². The quantitative estimate of drug-likeness (QED) is 0.770. The smallest absolute Gasteiger partial charge is 0.242 e. The van der Waals surface area contributed by atoms with Crippen LogP contribution >= 0.6 is 0 Å². The maximum Gasteiger partial charge on any atom is 0.242 e. The summed E-state index contributed by atoms with van der Waals surface area (Å²) in [6.45, 7) is 0. The average molecular weight is 305 g/mol. The molecule has 0 fully saturated rings. The van der Waals surface area contributed by atoms with Gasteiger partial charge >= 0.3 is 0 Å². The number of hydrogen-bond acceptors (Lipinski definition) is 5. The minimum atomic E-state index is -3.76. The zero-order valence-corrected chi connectivity index (χ0v) is 11.9. The highest BCUT2D eigenvalue weighted by molar-refractivity contribution is 7.89. The van der Waals surface area contributed by atoms with Crippen molar-refractivity contribution in [3.05, 3.63) is 53.7 Å². The Bertz CT molecular complexity index is 759. The number of nitrogen functional groups attached to an aromatic ring is 1. The SMILES string of the molecule is Nc1ccc(S(=O)(=O)N[C@@H]2c3ccccc3C[C@@H]2O)cn1. The first-order valence-corrected chi connectivity index (χ1v) is 7.95. The third-order valence-corrected chi connectivity index (χ3v) is 4.98. The number of sulfonamides is 1. The molecule has 0 spiro atoms. The van der Waals surface area contributed by atoms with Crippen LogP contribution in [0.2, 0.25) is 0 Å². The molecule has 4 N–H and O–H groups in total. The molecule has 0 radical (unpaired) electrons. The summed E-state index contributed by atoms with van der Waals surface area (Å²) < 4.78 is 27.2. The van der Waals surface area contributed by atoms with Crippen LogP contribution in [0.1, 0.15) is 17.2 Å². The second-order valence-electron chi connectivity index (χ2n) is 4.99. The number of nitrogens with two attached hydrogens (primary N) is 1. The third-order valence-electron chi connectivity index (χ3n) is 3.56. The standard InChI is InChI=1S/C14H15N3O3S/c15-13-6-5-10(8-16-13)21(19,20)17-14-11-4-2-1-3-9(11)7-12(14)18/h1-6,8,12,14,17-18H,7H2,(H2,15,16)/t12-,14+/m0/s1. The lowest BCUT2D eigenvalue weighted by atomic mass is 10.1. The lowest BCUT2D eigenvalue weighted by Gasteiger charge is -2.18. The fourth-order valence-corrected chi connectivity index (χ4v) is 3.69. The van der Waals surface area contributed by atoms with Gasteiger partial charge in [-0.05, 0) is 23.3 Å². The highest BCUT2D eigenvalue weighted by atomic mass is 32.2. The summed E-state index contributed by atoms with van der Waals surface area (Å²) >= 11 is 0. The molecule has 1 aliphatic rings. The molecule has 0 bridgehead atoms. The first-order valence-electron chi connectivity index (χ1n) is 6.47. The largest absolute Gasteiger partial charge is 0.391 e. The van der Waals surface area contributed by atoms with Crippen molar-refractivity contribution in [1.29, 1.82) is 0 Å². The van der Waals surface area contributed by atoms with E-state index in [0.717, 1.165) is 11.1 Å². The van der Waals surface area contributed by atoms with Crippen molar-refractivity contribution < 1.29 is 13.5 Å². The van der Waals surface area contributed by atoms with Crippen LogP contribution in [0.5, 0.6) is 0 Å². The molecule has 0 amide bonds. The van der Waals surface area contributed by atoms with E-state index >= 15 is 0 Å². The van der Waals surface area contributed by atoms with Crippen LogP contribution in [0.15, 0.2) is 47.5 Å². The Labute approximate surface area is 122 Å². The van der Waals surface area contributed by atoms with Crippen molar-refractivity contribution >= 4 is 15.8 Å². The fraction of sp³-hybridized carbons (Fsp3) is 0.214. The molecule has 1 aromatic heterocycles. The summed E-state index contributed by atoms with van der Waals surface area (Å²) in [6.07, 6.45) is 0.854. The maximum atomic E-state index is 12.4. The Morgan fingerprint density at radius 2 is 2.00 bits per heavy atom. The van der Waals surface area contributed by atoms with Gasteiger partial charge in [-0.25, -0.2) is 18.1 Å². The molecule has 3 rings (SSSR count). The summed E-state index contributed by atoms with van der Waals surface area (Å²) in [5.41, 5.74) is 7.21. The van der Waals surface area contributed by atoms with Crippen LogP contribution < -0.4 is 10.5 Å². The van der Waals surface area contributed by atoms with E-state index in [9.17, 15) is 13.5 Å². The number of fused-ring (bicyclic) bond motifs is 1. The van der Waals surface area contributed by atoms with Gasteiger partial charge in [-0.3, -0.25) is 0 Å². The van der Waals surface area contributed by atoms with Crippen molar-refractivity contribution in [2.45, 2.75) is 23.5 Å². The van der Waals surface area contributed by atoms with E-state index in [1.165, 1.54) is 18.3 Å². The normalized spacial score (nSPS) is 21.2. The molecular weight excluding hydrogens is 290 g/mol. The summed E-state index contributed by atoms with van der Waals surface area (Å²) in [6, 6.07) is 9.56. The van der Waals surface area contributed by atoms with Gasteiger partial charge in [0.15, 0.2) is 0 Å². The monoisotopic (exact) mass is 305 g/mol. The van der Waals surface area contributed by atoms with E-state index in [4.69, 9.17) is 5.73 Å². The van der Waals surface area contributed by atoms with Gasteiger partial charge in [0.05, 0.1) is 12.1 Å². The summed E-state index contributed by atoms with van der Waals surface area (Å²) in [5, 5.41) is 10.1. The van der Waals surface area contributed by atoms with Gasteiger partial charge in [0, 0.05) is 12.6 Å². The molecule has 0 saturated carbocycles. The number of aliphatic hydroxyl groups excluding tert-OH is 1. The van der Waals surface area contributed by atoms with E-state index in [1.54, 1.807) is 0 Å². The lowest BCUT2D eigenvalue weighted by Crippen LogP contribution is -2.33. The lowest BCUT2D eigenvalue weighted by molar-refractivity contribution is 0.151.